The number of amides is 1. The van der Waals surface area contributed by atoms with Crippen LogP contribution in [0.2, 0.25) is 0 Å². The van der Waals surface area contributed by atoms with Gasteiger partial charge in [-0.05, 0) is 54.8 Å². The largest absolute Gasteiger partial charge is 0.497 e. The first-order chi connectivity index (χ1) is 14.7. The summed E-state index contributed by atoms with van der Waals surface area (Å²) in [6.07, 6.45) is 2.85. The fourth-order valence-corrected chi connectivity index (χ4v) is 4.10. The van der Waals surface area contributed by atoms with Crippen LogP contribution in [0.3, 0.4) is 0 Å². The van der Waals surface area contributed by atoms with Crippen LogP contribution in [-0.2, 0) is 11.3 Å². The van der Waals surface area contributed by atoms with E-state index in [0.29, 0.717) is 11.7 Å². The van der Waals surface area contributed by atoms with Crippen LogP contribution >= 0.6 is 0 Å². The molecule has 2 saturated heterocycles. The number of nitrogens with zero attached hydrogens (tertiary/aromatic N) is 2. The van der Waals surface area contributed by atoms with Crippen LogP contribution in [0.25, 0.3) is 0 Å². The molecule has 6 nitrogen and oxygen atoms in total. The molecule has 0 saturated carbocycles. The summed E-state index contributed by atoms with van der Waals surface area (Å²) in [7, 11) is 1.63. The highest BCUT2D eigenvalue weighted by Crippen LogP contribution is 2.17. The molecule has 6 heteroatoms. The van der Waals surface area contributed by atoms with Gasteiger partial charge in [0.1, 0.15) is 5.75 Å². The maximum Gasteiger partial charge on any atom is 0.255 e. The first-order valence-corrected chi connectivity index (χ1v) is 10.8. The highest BCUT2D eigenvalue weighted by molar-refractivity contribution is 6.04. The quantitative estimate of drug-likeness (QED) is 0.761. The van der Waals surface area contributed by atoms with Crippen LogP contribution in [0.1, 0.15) is 28.8 Å². The molecule has 0 spiro atoms. The second-order valence-electron chi connectivity index (χ2n) is 8.09. The van der Waals surface area contributed by atoms with Crippen molar-refractivity contribution in [3.05, 3.63) is 59.7 Å². The van der Waals surface area contributed by atoms with Crippen molar-refractivity contribution in [2.24, 2.45) is 0 Å². The smallest absolute Gasteiger partial charge is 0.255 e. The minimum atomic E-state index is -0.102. The summed E-state index contributed by atoms with van der Waals surface area (Å²) in [6, 6.07) is 15.3. The Balaban J connectivity index is 1.23. The van der Waals surface area contributed by atoms with Gasteiger partial charge in [-0.15, -0.1) is 0 Å². The molecule has 160 valence electrons. The number of hydrogen-bond acceptors (Lipinski definition) is 5. The maximum absolute atomic E-state index is 12.5. The van der Waals surface area contributed by atoms with Gasteiger partial charge in [0, 0.05) is 57.1 Å². The molecular weight excluding hydrogens is 378 g/mol. The number of anilines is 1. The third kappa shape index (κ3) is 5.59. The number of hydrogen-bond donors (Lipinski definition) is 1. The summed E-state index contributed by atoms with van der Waals surface area (Å²) < 4.78 is 10.9. The molecule has 0 aliphatic carbocycles. The van der Waals surface area contributed by atoms with Crippen molar-refractivity contribution in [2.45, 2.75) is 25.5 Å². The molecule has 2 aromatic carbocycles. The summed E-state index contributed by atoms with van der Waals surface area (Å²) >= 11 is 0. The van der Waals surface area contributed by atoms with E-state index in [1.807, 2.05) is 36.4 Å². The Bertz CT molecular complexity index is 809. The molecule has 2 aliphatic heterocycles. The lowest BCUT2D eigenvalue weighted by Gasteiger charge is -2.35. The molecule has 0 aromatic heterocycles. The van der Waals surface area contributed by atoms with Gasteiger partial charge in [0.05, 0.1) is 13.2 Å². The first-order valence-electron chi connectivity index (χ1n) is 10.8. The zero-order chi connectivity index (χ0) is 20.8. The maximum atomic E-state index is 12.5. The Morgan fingerprint density at radius 2 is 1.73 bits per heavy atom. The Morgan fingerprint density at radius 3 is 2.37 bits per heavy atom. The van der Waals surface area contributed by atoms with Crippen molar-refractivity contribution in [3.8, 4) is 5.75 Å². The fourth-order valence-electron chi connectivity index (χ4n) is 4.10. The van der Waals surface area contributed by atoms with E-state index in [9.17, 15) is 4.79 Å². The predicted octanol–water partition coefficient (Wildman–Crippen LogP) is 3.24. The van der Waals surface area contributed by atoms with E-state index in [2.05, 4.69) is 27.2 Å². The van der Waals surface area contributed by atoms with Gasteiger partial charge in [-0.3, -0.25) is 14.6 Å². The molecule has 0 unspecified atom stereocenters. The number of nitrogens with one attached hydrogen (secondary N) is 1. The van der Waals surface area contributed by atoms with Gasteiger partial charge in [0.2, 0.25) is 0 Å². The van der Waals surface area contributed by atoms with Gasteiger partial charge >= 0.3 is 0 Å². The van der Waals surface area contributed by atoms with Crippen molar-refractivity contribution >= 4 is 11.6 Å². The third-order valence-corrected chi connectivity index (χ3v) is 5.92. The van der Waals surface area contributed by atoms with Gasteiger partial charge in [0.25, 0.3) is 5.91 Å². The normalized spacial score (nSPS) is 20.2. The lowest BCUT2D eigenvalue weighted by Crippen LogP contribution is -2.48. The molecule has 2 aliphatic rings. The zero-order valence-electron chi connectivity index (χ0n) is 17.7. The predicted molar refractivity (Wildman–Crippen MR) is 118 cm³/mol. The van der Waals surface area contributed by atoms with Crippen molar-refractivity contribution in [1.82, 2.24) is 9.80 Å². The fraction of sp³-hybridized carbons (Fsp3) is 0.458. The van der Waals surface area contributed by atoms with Crippen LogP contribution in [0.5, 0.6) is 5.75 Å². The standard InChI is InChI=1S/C24H31N3O3/c1-29-22-10-8-21(9-11-22)25-24(28)20-6-4-19(5-7-20)17-26-12-14-27(15-13-26)18-23-3-2-16-30-23/h4-11,23H,2-3,12-18H2,1H3,(H,25,28)/t23-/m1/s1. The van der Waals surface area contributed by atoms with Crippen molar-refractivity contribution in [3.63, 3.8) is 0 Å². The number of ether oxygens (including phenoxy) is 2. The Kier molecular flexibility index (Phi) is 7.00. The molecular formula is C24H31N3O3. The van der Waals surface area contributed by atoms with Gasteiger partial charge in [0.15, 0.2) is 0 Å². The average molecular weight is 410 g/mol. The van der Waals surface area contributed by atoms with Crippen LogP contribution in [0, 0.1) is 0 Å². The van der Waals surface area contributed by atoms with E-state index in [4.69, 9.17) is 9.47 Å². The number of piperazine rings is 1. The lowest BCUT2D eigenvalue weighted by atomic mass is 10.1. The third-order valence-electron chi connectivity index (χ3n) is 5.92. The summed E-state index contributed by atoms with van der Waals surface area (Å²) in [5, 5.41) is 2.92. The molecule has 2 fully saturated rings. The van der Waals surface area contributed by atoms with Crippen LogP contribution < -0.4 is 10.1 Å². The molecule has 4 rings (SSSR count). The summed E-state index contributed by atoms with van der Waals surface area (Å²) in [5.74, 6) is 0.666. The highest BCUT2D eigenvalue weighted by atomic mass is 16.5. The summed E-state index contributed by atoms with van der Waals surface area (Å²) in [5.41, 5.74) is 2.66. The number of benzene rings is 2. The van der Waals surface area contributed by atoms with Crippen LogP contribution in [-0.4, -0.2) is 68.3 Å². The molecule has 1 N–H and O–H groups in total. The van der Waals surface area contributed by atoms with Crippen molar-refractivity contribution in [1.29, 1.82) is 0 Å². The minimum Gasteiger partial charge on any atom is -0.497 e. The lowest BCUT2D eigenvalue weighted by molar-refractivity contribution is 0.0489. The number of rotatable bonds is 7. The topological polar surface area (TPSA) is 54.0 Å². The molecule has 0 radical (unpaired) electrons. The van der Waals surface area contributed by atoms with E-state index in [-0.39, 0.29) is 5.91 Å². The van der Waals surface area contributed by atoms with Crippen molar-refractivity contribution < 1.29 is 14.3 Å². The highest BCUT2D eigenvalue weighted by Gasteiger charge is 2.22. The Morgan fingerprint density at radius 1 is 1.03 bits per heavy atom. The SMILES string of the molecule is COc1ccc(NC(=O)c2ccc(CN3CCN(C[C@H]4CCCO4)CC3)cc2)cc1. The molecule has 0 bridgehead atoms. The monoisotopic (exact) mass is 409 g/mol. The molecule has 1 amide bonds. The second-order valence-corrected chi connectivity index (χ2v) is 8.09. The van der Waals surface area contributed by atoms with E-state index < -0.39 is 0 Å². The number of carbonyl (C=O) groups excluding carboxylic acids is 1. The molecule has 1 atom stereocenters. The van der Waals surface area contributed by atoms with Crippen LogP contribution in [0.15, 0.2) is 48.5 Å². The summed E-state index contributed by atoms with van der Waals surface area (Å²) in [4.78, 5) is 17.5. The second kappa shape index (κ2) is 10.1. The minimum absolute atomic E-state index is 0.102. The van der Waals surface area contributed by atoms with E-state index in [1.54, 1.807) is 7.11 Å². The number of methoxy groups -OCH3 is 1. The van der Waals surface area contributed by atoms with Gasteiger partial charge in [-0.1, -0.05) is 12.1 Å². The van der Waals surface area contributed by atoms with Gasteiger partial charge < -0.3 is 14.8 Å². The van der Waals surface area contributed by atoms with Gasteiger partial charge in [-0.2, -0.15) is 0 Å². The molecule has 30 heavy (non-hydrogen) atoms. The molecule has 2 aromatic rings. The summed E-state index contributed by atoms with van der Waals surface area (Å²) in [6.45, 7) is 7.28. The first kappa shape index (κ1) is 20.8. The van der Waals surface area contributed by atoms with E-state index >= 15 is 0 Å². The Labute approximate surface area is 178 Å². The van der Waals surface area contributed by atoms with Crippen LogP contribution in [0.4, 0.5) is 5.69 Å². The Hall–Kier alpha value is -2.41. The average Bonchev–Trinajstić information content (AvgIpc) is 3.29. The zero-order valence-corrected chi connectivity index (χ0v) is 17.7. The van der Waals surface area contributed by atoms with Gasteiger partial charge in [-0.25, -0.2) is 0 Å². The van der Waals surface area contributed by atoms with E-state index in [1.165, 1.54) is 18.4 Å². The number of carbonyl (C=O) groups is 1. The van der Waals surface area contributed by atoms with Crippen molar-refractivity contribution in [2.75, 3.05) is 51.8 Å². The van der Waals surface area contributed by atoms with E-state index in [0.717, 1.165) is 57.3 Å². The molecule has 2 heterocycles.